The molecule has 0 N–H and O–H groups in total. The fraction of sp³-hybridized carbons (Fsp3) is 0.500. The largest absolute Gasteiger partial charge is 0.460 e. The predicted octanol–water partition coefficient (Wildman–Crippen LogP) is 6.10. The maximum absolute atomic E-state index is 5.88. The van der Waals surface area contributed by atoms with E-state index in [-0.39, 0.29) is 0 Å². The maximum atomic E-state index is 5.88. The molecule has 0 saturated heterocycles. The van der Waals surface area contributed by atoms with Crippen molar-refractivity contribution in [1.82, 2.24) is 0 Å². The van der Waals surface area contributed by atoms with Gasteiger partial charge in [-0.1, -0.05) is 51.2 Å². The molecule has 0 amide bonds. The van der Waals surface area contributed by atoms with Crippen LogP contribution in [-0.2, 0) is 6.42 Å². The Morgan fingerprint density at radius 3 is 2.50 bits per heavy atom. The van der Waals surface area contributed by atoms with E-state index in [2.05, 4.69) is 35.0 Å². The Hall–Kier alpha value is -0.760. The van der Waals surface area contributed by atoms with Gasteiger partial charge in [-0.25, -0.2) is 0 Å². The SMILES string of the molecule is CCCCCCCCc1oc2ccccc2c1Br. The minimum atomic E-state index is 0.991. The van der Waals surface area contributed by atoms with Crippen LogP contribution in [0.25, 0.3) is 11.0 Å². The lowest BCUT2D eigenvalue weighted by Gasteiger charge is -1.99. The van der Waals surface area contributed by atoms with Gasteiger partial charge in [0.25, 0.3) is 0 Å². The number of aryl methyl sites for hydroxylation is 1. The Balaban J connectivity index is 1.86. The van der Waals surface area contributed by atoms with Gasteiger partial charge in [0.2, 0.25) is 0 Å². The molecule has 2 rings (SSSR count). The Kier molecular flexibility index (Phi) is 5.30. The molecule has 0 radical (unpaired) electrons. The summed E-state index contributed by atoms with van der Waals surface area (Å²) in [6.07, 6.45) is 8.99. The maximum Gasteiger partial charge on any atom is 0.135 e. The van der Waals surface area contributed by atoms with Crippen molar-refractivity contribution in [1.29, 1.82) is 0 Å². The molecule has 0 aliphatic heterocycles. The van der Waals surface area contributed by atoms with E-state index in [1.807, 2.05) is 12.1 Å². The zero-order valence-corrected chi connectivity index (χ0v) is 12.6. The van der Waals surface area contributed by atoms with Crippen molar-refractivity contribution in [3.63, 3.8) is 0 Å². The molecule has 2 heteroatoms. The van der Waals surface area contributed by atoms with E-state index in [1.54, 1.807) is 0 Å². The zero-order chi connectivity index (χ0) is 12.8. The third-order valence-electron chi connectivity index (χ3n) is 3.36. The molecule has 0 bridgehead atoms. The molecule has 0 aliphatic carbocycles. The minimum absolute atomic E-state index is 0.991. The zero-order valence-electron chi connectivity index (χ0n) is 11.0. The summed E-state index contributed by atoms with van der Waals surface area (Å²) in [6.45, 7) is 2.26. The van der Waals surface area contributed by atoms with Gasteiger partial charge in [-0.05, 0) is 34.5 Å². The predicted molar refractivity (Wildman–Crippen MR) is 81.0 cm³/mol. The molecule has 2 aromatic rings. The first kappa shape index (κ1) is 13.7. The molecule has 0 saturated carbocycles. The topological polar surface area (TPSA) is 13.1 Å². The molecule has 0 spiro atoms. The Morgan fingerprint density at radius 2 is 1.72 bits per heavy atom. The van der Waals surface area contributed by atoms with Crippen molar-refractivity contribution in [2.45, 2.75) is 51.9 Å². The summed E-state index contributed by atoms with van der Waals surface area (Å²) in [4.78, 5) is 0. The van der Waals surface area contributed by atoms with E-state index in [1.165, 1.54) is 43.9 Å². The lowest BCUT2D eigenvalue weighted by Crippen LogP contribution is -1.84. The number of furan rings is 1. The lowest BCUT2D eigenvalue weighted by atomic mass is 10.1. The molecule has 0 atom stereocenters. The van der Waals surface area contributed by atoms with Gasteiger partial charge in [0.1, 0.15) is 11.3 Å². The third-order valence-corrected chi connectivity index (χ3v) is 4.23. The van der Waals surface area contributed by atoms with Crippen LogP contribution < -0.4 is 0 Å². The first-order chi connectivity index (χ1) is 8.83. The van der Waals surface area contributed by atoms with E-state index in [0.29, 0.717) is 0 Å². The van der Waals surface area contributed by atoms with Gasteiger partial charge in [-0.15, -0.1) is 0 Å². The average molecular weight is 309 g/mol. The van der Waals surface area contributed by atoms with Gasteiger partial charge in [-0.3, -0.25) is 0 Å². The van der Waals surface area contributed by atoms with Gasteiger partial charge < -0.3 is 4.42 Å². The third kappa shape index (κ3) is 3.38. The summed E-state index contributed by atoms with van der Waals surface area (Å²) in [5.74, 6) is 1.10. The first-order valence-corrected chi connectivity index (χ1v) is 7.78. The minimum Gasteiger partial charge on any atom is -0.460 e. The van der Waals surface area contributed by atoms with Gasteiger partial charge in [0.15, 0.2) is 0 Å². The molecule has 98 valence electrons. The molecule has 1 nitrogen and oxygen atoms in total. The second-order valence-corrected chi connectivity index (χ2v) is 5.65. The number of hydrogen-bond acceptors (Lipinski definition) is 1. The van der Waals surface area contributed by atoms with Crippen molar-refractivity contribution in [2.75, 3.05) is 0 Å². The molecular formula is C16H21BrO. The monoisotopic (exact) mass is 308 g/mol. The average Bonchev–Trinajstić information content (AvgIpc) is 2.71. The standard InChI is InChI=1S/C16H21BrO/c1-2-3-4-5-6-7-12-15-16(17)13-10-8-9-11-14(13)18-15/h8-11H,2-7,12H2,1H3. The van der Waals surface area contributed by atoms with Crippen molar-refractivity contribution in [3.05, 3.63) is 34.5 Å². The number of hydrogen-bond donors (Lipinski definition) is 0. The molecule has 18 heavy (non-hydrogen) atoms. The quantitative estimate of drug-likeness (QED) is 0.563. The number of para-hydroxylation sites is 1. The van der Waals surface area contributed by atoms with Crippen molar-refractivity contribution in [3.8, 4) is 0 Å². The smallest absolute Gasteiger partial charge is 0.135 e. The lowest BCUT2D eigenvalue weighted by molar-refractivity contribution is 0.519. The van der Waals surface area contributed by atoms with Gasteiger partial charge >= 0.3 is 0 Å². The van der Waals surface area contributed by atoms with Crippen LogP contribution in [0.1, 0.15) is 51.2 Å². The molecule has 0 aliphatic rings. The Morgan fingerprint density at radius 1 is 1.00 bits per heavy atom. The van der Waals surface area contributed by atoms with Crippen LogP contribution in [0.5, 0.6) is 0 Å². The highest BCUT2D eigenvalue weighted by molar-refractivity contribution is 9.10. The van der Waals surface area contributed by atoms with E-state index in [0.717, 1.165) is 22.2 Å². The highest BCUT2D eigenvalue weighted by Crippen LogP contribution is 2.31. The Labute approximate surface area is 118 Å². The second-order valence-electron chi connectivity index (χ2n) is 4.85. The highest BCUT2D eigenvalue weighted by atomic mass is 79.9. The number of fused-ring (bicyclic) bond motifs is 1. The number of unbranched alkanes of at least 4 members (excludes halogenated alkanes) is 5. The molecular weight excluding hydrogens is 288 g/mol. The van der Waals surface area contributed by atoms with Crippen LogP contribution >= 0.6 is 15.9 Å². The fourth-order valence-electron chi connectivity index (χ4n) is 2.29. The van der Waals surface area contributed by atoms with E-state index in [4.69, 9.17) is 4.42 Å². The van der Waals surface area contributed by atoms with Crippen molar-refractivity contribution in [2.24, 2.45) is 0 Å². The fourth-order valence-corrected chi connectivity index (χ4v) is 2.90. The number of halogens is 1. The van der Waals surface area contributed by atoms with Crippen LogP contribution in [0.3, 0.4) is 0 Å². The summed E-state index contributed by atoms with van der Waals surface area (Å²) in [6, 6.07) is 8.21. The van der Waals surface area contributed by atoms with Gasteiger partial charge in [-0.2, -0.15) is 0 Å². The van der Waals surface area contributed by atoms with Gasteiger partial charge in [0, 0.05) is 11.8 Å². The van der Waals surface area contributed by atoms with E-state index < -0.39 is 0 Å². The normalized spacial score (nSPS) is 11.2. The molecule has 0 unspecified atom stereocenters. The summed E-state index contributed by atoms with van der Waals surface area (Å²) in [7, 11) is 0. The molecule has 0 fully saturated rings. The highest BCUT2D eigenvalue weighted by Gasteiger charge is 2.10. The summed E-state index contributed by atoms with van der Waals surface area (Å²) < 4.78 is 7.02. The molecule has 1 aromatic carbocycles. The summed E-state index contributed by atoms with van der Waals surface area (Å²) in [5.41, 5.74) is 0.991. The van der Waals surface area contributed by atoms with Crippen LogP contribution in [0.2, 0.25) is 0 Å². The first-order valence-electron chi connectivity index (χ1n) is 6.99. The number of benzene rings is 1. The molecule has 1 aromatic heterocycles. The van der Waals surface area contributed by atoms with E-state index in [9.17, 15) is 0 Å². The molecule has 1 heterocycles. The van der Waals surface area contributed by atoms with Crippen LogP contribution in [0.4, 0.5) is 0 Å². The van der Waals surface area contributed by atoms with Crippen LogP contribution in [0.15, 0.2) is 33.2 Å². The van der Waals surface area contributed by atoms with Crippen molar-refractivity contribution >= 4 is 26.9 Å². The van der Waals surface area contributed by atoms with Crippen LogP contribution in [0, 0.1) is 0 Å². The van der Waals surface area contributed by atoms with E-state index >= 15 is 0 Å². The summed E-state index contributed by atoms with van der Waals surface area (Å²) >= 11 is 3.65. The van der Waals surface area contributed by atoms with Crippen molar-refractivity contribution < 1.29 is 4.42 Å². The number of rotatable bonds is 7. The van der Waals surface area contributed by atoms with Crippen LogP contribution in [-0.4, -0.2) is 0 Å². The second kappa shape index (κ2) is 6.98. The summed E-state index contributed by atoms with van der Waals surface area (Å²) in [5, 5.41) is 1.19. The Bertz CT molecular complexity index is 487. The van der Waals surface area contributed by atoms with Gasteiger partial charge in [0.05, 0.1) is 4.47 Å².